The number of carbonyl (C=O) groups is 1. The number of primary sulfonamides is 1. The van der Waals surface area contributed by atoms with Crippen LogP contribution in [0.1, 0.15) is 12.0 Å². The van der Waals surface area contributed by atoms with Crippen molar-refractivity contribution in [2.75, 3.05) is 5.32 Å². The Labute approximate surface area is 128 Å². The second-order valence-electron chi connectivity index (χ2n) is 4.75. The minimum Gasteiger partial charge on any atom is -0.326 e. The summed E-state index contributed by atoms with van der Waals surface area (Å²) in [5, 5.41) is 7.60. The molecule has 0 heterocycles. The van der Waals surface area contributed by atoms with Gasteiger partial charge in [0.25, 0.3) is 0 Å². The summed E-state index contributed by atoms with van der Waals surface area (Å²) in [5.74, 6) is -0.669. The van der Waals surface area contributed by atoms with E-state index < -0.39 is 15.8 Å². The molecule has 7 heteroatoms. The normalized spacial score (nSPS) is 11.2. The van der Waals surface area contributed by atoms with E-state index in [1.807, 2.05) is 0 Å². The zero-order chi connectivity index (χ0) is 16.2. The summed E-state index contributed by atoms with van der Waals surface area (Å²) in [7, 11) is -3.71. The van der Waals surface area contributed by atoms with Crippen molar-refractivity contribution in [2.45, 2.75) is 17.7 Å². The molecule has 116 valence electrons. The minimum absolute atomic E-state index is 0.0282. The maximum Gasteiger partial charge on any atom is 0.238 e. The number of nitrogens with one attached hydrogen (secondary N) is 1. The molecule has 22 heavy (non-hydrogen) atoms. The van der Waals surface area contributed by atoms with Gasteiger partial charge >= 0.3 is 0 Å². The second-order valence-corrected chi connectivity index (χ2v) is 6.31. The largest absolute Gasteiger partial charge is 0.326 e. The van der Waals surface area contributed by atoms with Crippen LogP contribution in [0.3, 0.4) is 0 Å². The van der Waals surface area contributed by atoms with E-state index in [-0.39, 0.29) is 17.2 Å². The Balaban J connectivity index is 1.91. The lowest BCUT2D eigenvalue weighted by molar-refractivity contribution is -0.116. The van der Waals surface area contributed by atoms with Crippen LogP contribution in [0, 0.1) is 5.82 Å². The molecule has 0 aliphatic heterocycles. The van der Waals surface area contributed by atoms with E-state index in [1.54, 1.807) is 18.2 Å². The molecular weight excluding hydrogens is 307 g/mol. The van der Waals surface area contributed by atoms with Gasteiger partial charge in [0.2, 0.25) is 15.9 Å². The van der Waals surface area contributed by atoms with Crippen molar-refractivity contribution < 1.29 is 17.6 Å². The number of anilines is 1. The number of sulfonamides is 1. The molecule has 0 saturated carbocycles. The first kappa shape index (κ1) is 16.1. The third-order valence-corrected chi connectivity index (χ3v) is 3.93. The molecule has 2 aromatic carbocycles. The third kappa shape index (κ3) is 4.64. The highest BCUT2D eigenvalue weighted by Crippen LogP contribution is 2.12. The number of carbonyl (C=O) groups excluding carboxylic acids is 1. The lowest BCUT2D eigenvalue weighted by Gasteiger charge is -2.06. The smallest absolute Gasteiger partial charge is 0.238 e. The molecule has 0 fully saturated rings. The first-order valence-corrected chi connectivity index (χ1v) is 8.06. The Kier molecular flexibility index (Phi) is 4.89. The average Bonchev–Trinajstić information content (AvgIpc) is 2.45. The Morgan fingerprint density at radius 2 is 1.82 bits per heavy atom. The van der Waals surface area contributed by atoms with E-state index in [0.29, 0.717) is 12.1 Å². The van der Waals surface area contributed by atoms with E-state index in [4.69, 9.17) is 5.14 Å². The van der Waals surface area contributed by atoms with Crippen LogP contribution < -0.4 is 10.5 Å². The second kappa shape index (κ2) is 6.67. The molecule has 0 saturated heterocycles. The van der Waals surface area contributed by atoms with Gasteiger partial charge in [-0.05, 0) is 42.3 Å². The Hall–Kier alpha value is -2.25. The van der Waals surface area contributed by atoms with Crippen LogP contribution in [0.2, 0.25) is 0 Å². The zero-order valence-corrected chi connectivity index (χ0v) is 12.4. The van der Waals surface area contributed by atoms with Crippen LogP contribution in [0.4, 0.5) is 10.1 Å². The summed E-state index contributed by atoms with van der Waals surface area (Å²) < 4.78 is 35.2. The van der Waals surface area contributed by atoms with E-state index >= 15 is 0 Å². The summed E-state index contributed by atoms with van der Waals surface area (Å²) in [6.45, 7) is 0. The average molecular weight is 322 g/mol. The van der Waals surface area contributed by atoms with Crippen molar-refractivity contribution in [3.8, 4) is 0 Å². The van der Waals surface area contributed by atoms with Crippen molar-refractivity contribution in [1.29, 1.82) is 0 Å². The van der Waals surface area contributed by atoms with Crippen LogP contribution in [-0.4, -0.2) is 14.3 Å². The molecule has 0 bridgehead atoms. The molecule has 0 unspecified atom stereocenters. The number of hydrogen-bond donors (Lipinski definition) is 2. The first-order valence-electron chi connectivity index (χ1n) is 6.52. The summed E-state index contributed by atoms with van der Waals surface area (Å²) in [6, 6.07) is 11.6. The quantitative estimate of drug-likeness (QED) is 0.883. The molecule has 2 rings (SSSR count). The van der Waals surface area contributed by atoms with Crippen molar-refractivity contribution in [3.05, 3.63) is 59.9 Å². The molecule has 1 amide bonds. The van der Waals surface area contributed by atoms with Gasteiger partial charge in [-0.3, -0.25) is 4.79 Å². The fourth-order valence-electron chi connectivity index (χ4n) is 1.89. The van der Waals surface area contributed by atoms with Crippen LogP contribution in [0.5, 0.6) is 0 Å². The first-order chi connectivity index (χ1) is 10.3. The van der Waals surface area contributed by atoms with Crippen LogP contribution in [0.25, 0.3) is 0 Å². The van der Waals surface area contributed by atoms with Crippen LogP contribution in [0.15, 0.2) is 53.4 Å². The number of rotatable bonds is 5. The number of halogens is 1. The van der Waals surface area contributed by atoms with Gasteiger partial charge in [0.05, 0.1) is 4.90 Å². The number of nitrogens with two attached hydrogens (primary N) is 1. The molecular formula is C15H15FN2O3S. The molecule has 0 radical (unpaired) electrons. The fraction of sp³-hybridized carbons (Fsp3) is 0.133. The summed E-state index contributed by atoms with van der Waals surface area (Å²) in [4.78, 5) is 11.8. The summed E-state index contributed by atoms with van der Waals surface area (Å²) in [5.41, 5.74) is 1.20. The number of hydrogen-bond acceptors (Lipinski definition) is 3. The van der Waals surface area contributed by atoms with Crippen molar-refractivity contribution in [1.82, 2.24) is 0 Å². The number of benzene rings is 2. The molecule has 5 nitrogen and oxygen atoms in total. The van der Waals surface area contributed by atoms with E-state index in [0.717, 1.165) is 5.56 Å². The lowest BCUT2D eigenvalue weighted by atomic mass is 10.1. The maximum atomic E-state index is 13.0. The predicted octanol–water partition coefficient (Wildman–Crippen LogP) is 2.04. The highest BCUT2D eigenvalue weighted by atomic mass is 32.2. The van der Waals surface area contributed by atoms with Crippen molar-refractivity contribution in [3.63, 3.8) is 0 Å². The number of aryl methyl sites for hydroxylation is 1. The molecule has 0 aromatic heterocycles. The van der Waals surface area contributed by atoms with Gasteiger partial charge < -0.3 is 5.32 Å². The molecule has 0 aliphatic carbocycles. The SMILES string of the molecule is NS(=O)(=O)c1ccc(CCC(=O)Nc2cccc(F)c2)cc1. The minimum atomic E-state index is -3.71. The highest BCUT2D eigenvalue weighted by molar-refractivity contribution is 7.89. The Morgan fingerprint density at radius 3 is 2.41 bits per heavy atom. The van der Waals surface area contributed by atoms with Gasteiger partial charge in [0, 0.05) is 12.1 Å². The van der Waals surface area contributed by atoms with Gasteiger partial charge in [0.15, 0.2) is 0 Å². The van der Waals surface area contributed by atoms with E-state index in [1.165, 1.54) is 30.3 Å². The van der Waals surface area contributed by atoms with Gasteiger partial charge in [-0.15, -0.1) is 0 Å². The van der Waals surface area contributed by atoms with Crippen LogP contribution >= 0.6 is 0 Å². The van der Waals surface area contributed by atoms with Gasteiger partial charge in [-0.25, -0.2) is 17.9 Å². The summed E-state index contributed by atoms with van der Waals surface area (Å²) in [6.07, 6.45) is 0.636. The molecule has 2 aromatic rings. The lowest BCUT2D eigenvalue weighted by Crippen LogP contribution is -2.13. The number of amides is 1. The molecule has 0 spiro atoms. The standard InChI is InChI=1S/C15H15FN2O3S/c16-12-2-1-3-13(10-12)18-15(19)9-6-11-4-7-14(8-5-11)22(17,20)21/h1-5,7-8,10H,6,9H2,(H,18,19)(H2,17,20,21). The van der Waals surface area contributed by atoms with E-state index in [9.17, 15) is 17.6 Å². The highest BCUT2D eigenvalue weighted by Gasteiger charge is 2.08. The van der Waals surface area contributed by atoms with Crippen LogP contribution in [-0.2, 0) is 21.2 Å². The topological polar surface area (TPSA) is 89.3 Å². The molecule has 0 atom stereocenters. The monoisotopic (exact) mass is 322 g/mol. The zero-order valence-electron chi connectivity index (χ0n) is 11.6. The molecule has 3 N–H and O–H groups in total. The van der Waals surface area contributed by atoms with Crippen molar-refractivity contribution >= 4 is 21.6 Å². The Bertz CT molecular complexity index is 774. The predicted molar refractivity (Wildman–Crippen MR) is 81.2 cm³/mol. The Morgan fingerprint density at radius 1 is 1.14 bits per heavy atom. The van der Waals surface area contributed by atoms with Gasteiger partial charge in [-0.2, -0.15) is 0 Å². The van der Waals surface area contributed by atoms with E-state index in [2.05, 4.69) is 5.32 Å². The van der Waals surface area contributed by atoms with Gasteiger partial charge in [-0.1, -0.05) is 18.2 Å². The van der Waals surface area contributed by atoms with Gasteiger partial charge in [0.1, 0.15) is 5.82 Å². The summed E-state index contributed by atoms with van der Waals surface area (Å²) >= 11 is 0. The maximum absolute atomic E-state index is 13.0. The third-order valence-electron chi connectivity index (χ3n) is 3.00. The fourth-order valence-corrected chi connectivity index (χ4v) is 2.41. The molecule has 0 aliphatic rings. The van der Waals surface area contributed by atoms with Crippen molar-refractivity contribution in [2.24, 2.45) is 5.14 Å².